The first-order valence-electron chi connectivity index (χ1n) is 19.0. The molecule has 1 saturated heterocycles. The van der Waals surface area contributed by atoms with Crippen LogP contribution < -0.4 is 16.0 Å². The van der Waals surface area contributed by atoms with Gasteiger partial charge in [-0.3, -0.25) is 4.79 Å². The second kappa shape index (κ2) is 22.1. The highest BCUT2D eigenvalue weighted by Crippen LogP contribution is 2.32. The van der Waals surface area contributed by atoms with Gasteiger partial charge in [0.15, 0.2) is 6.29 Å². The zero-order valence-corrected chi connectivity index (χ0v) is 30.9. The first kappa shape index (κ1) is 40.6. The second-order valence-corrected chi connectivity index (χ2v) is 15.4. The molecular weight excluding hydrogens is 622 g/mol. The standard InChI is InChI=1S/C39H65N3O7/c1-29(2)25-32(36(43)40-22-14-8-15-23-41-37(44)47-28-31-19-11-7-12-20-31)27-34(48-35-21-13-16-24-46-35)33(26-30-17-9-6-10-18-30)42-38(45)49-39(3,4)5/h7,11-12,19-20,29-30,32-35H,6,8-10,13-18,21-28H2,1-5H3,(H,40,43)(H,41,44)(H,42,45). The Morgan fingerprint density at radius 3 is 2.20 bits per heavy atom. The van der Waals surface area contributed by atoms with Crippen molar-refractivity contribution in [2.75, 3.05) is 19.7 Å². The number of alkyl carbamates (subject to hydrolysis) is 2. The summed E-state index contributed by atoms with van der Waals surface area (Å²) in [6, 6.07) is 9.30. The lowest BCUT2D eigenvalue weighted by Gasteiger charge is -2.37. The van der Waals surface area contributed by atoms with Gasteiger partial charge in [-0.2, -0.15) is 0 Å². The molecule has 2 aliphatic rings. The van der Waals surface area contributed by atoms with Crippen LogP contribution in [0.2, 0.25) is 0 Å². The SMILES string of the molecule is CC(C)CC(CC(OC1CCCCO1)C(CC1CCCCC1)NC(=O)OC(C)(C)C)C(=O)NCCCCCNC(=O)OCc1ccccc1. The highest BCUT2D eigenvalue weighted by atomic mass is 16.7. The van der Waals surface area contributed by atoms with E-state index >= 15 is 0 Å². The highest BCUT2D eigenvalue weighted by Gasteiger charge is 2.35. The van der Waals surface area contributed by atoms with Crippen molar-refractivity contribution in [3.05, 3.63) is 35.9 Å². The van der Waals surface area contributed by atoms with Crippen LogP contribution in [0.1, 0.15) is 130 Å². The van der Waals surface area contributed by atoms with Gasteiger partial charge in [0.1, 0.15) is 12.2 Å². The molecule has 3 N–H and O–H groups in total. The Morgan fingerprint density at radius 1 is 0.857 bits per heavy atom. The molecule has 3 amide bonds. The van der Waals surface area contributed by atoms with E-state index in [1.54, 1.807) is 0 Å². The molecule has 0 bridgehead atoms. The van der Waals surface area contributed by atoms with Gasteiger partial charge >= 0.3 is 12.2 Å². The van der Waals surface area contributed by atoms with Gasteiger partial charge in [-0.1, -0.05) is 76.3 Å². The van der Waals surface area contributed by atoms with Crippen molar-refractivity contribution in [3.63, 3.8) is 0 Å². The number of unbranched alkanes of at least 4 members (excludes halogenated alkanes) is 2. The van der Waals surface area contributed by atoms with Gasteiger partial charge in [0, 0.05) is 25.6 Å². The molecule has 4 unspecified atom stereocenters. The average molecular weight is 688 g/mol. The maximum absolute atomic E-state index is 13.7. The molecule has 10 nitrogen and oxygen atoms in total. The summed E-state index contributed by atoms with van der Waals surface area (Å²) in [5.41, 5.74) is 0.327. The number of ether oxygens (including phenoxy) is 4. The fourth-order valence-corrected chi connectivity index (χ4v) is 6.78. The normalized spacial score (nSPS) is 19.0. The van der Waals surface area contributed by atoms with Gasteiger partial charge in [0.05, 0.1) is 12.1 Å². The molecule has 1 aliphatic carbocycles. The van der Waals surface area contributed by atoms with Gasteiger partial charge < -0.3 is 34.9 Å². The van der Waals surface area contributed by atoms with Crippen molar-refractivity contribution in [3.8, 4) is 0 Å². The molecule has 1 aromatic carbocycles. The van der Waals surface area contributed by atoms with E-state index in [2.05, 4.69) is 29.8 Å². The summed E-state index contributed by atoms with van der Waals surface area (Å²) in [5.74, 6) is 0.544. The molecule has 1 aromatic rings. The van der Waals surface area contributed by atoms with Crippen LogP contribution in [0.5, 0.6) is 0 Å². The first-order chi connectivity index (χ1) is 23.5. The first-order valence-corrected chi connectivity index (χ1v) is 19.0. The molecule has 2 fully saturated rings. The summed E-state index contributed by atoms with van der Waals surface area (Å²) in [5, 5.41) is 9.17. The number of hydrogen-bond donors (Lipinski definition) is 3. The molecule has 0 aromatic heterocycles. The third-order valence-electron chi connectivity index (χ3n) is 9.21. The van der Waals surface area contributed by atoms with Gasteiger partial charge in [-0.05, 0) is 96.0 Å². The minimum Gasteiger partial charge on any atom is -0.445 e. The zero-order valence-electron chi connectivity index (χ0n) is 30.9. The molecule has 4 atom stereocenters. The summed E-state index contributed by atoms with van der Waals surface area (Å²) in [4.78, 5) is 38.9. The van der Waals surface area contributed by atoms with E-state index in [-0.39, 0.29) is 36.9 Å². The summed E-state index contributed by atoms with van der Waals surface area (Å²) in [6.45, 7) is 11.9. The summed E-state index contributed by atoms with van der Waals surface area (Å²) >= 11 is 0. The summed E-state index contributed by atoms with van der Waals surface area (Å²) in [7, 11) is 0. The van der Waals surface area contributed by atoms with Crippen molar-refractivity contribution >= 4 is 18.1 Å². The molecule has 278 valence electrons. The maximum atomic E-state index is 13.7. The van der Waals surface area contributed by atoms with Crippen molar-refractivity contribution in [2.45, 2.75) is 155 Å². The number of hydrogen-bond acceptors (Lipinski definition) is 7. The fourth-order valence-electron chi connectivity index (χ4n) is 6.78. The Hall–Kier alpha value is -2.85. The van der Waals surface area contributed by atoms with Crippen LogP contribution in [0.25, 0.3) is 0 Å². The van der Waals surface area contributed by atoms with Crippen LogP contribution in [0.4, 0.5) is 9.59 Å². The molecule has 0 radical (unpaired) electrons. The molecule has 10 heteroatoms. The smallest absolute Gasteiger partial charge is 0.407 e. The van der Waals surface area contributed by atoms with Crippen LogP contribution in [0, 0.1) is 17.8 Å². The van der Waals surface area contributed by atoms with Crippen molar-refractivity contribution in [1.29, 1.82) is 0 Å². The number of benzene rings is 1. The minimum absolute atomic E-state index is 0.0168. The van der Waals surface area contributed by atoms with E-state index in [0.29, 0.717) is 38.0 Å². The van der Waals surface area contributed by atoms with Gasteiger partial charge in [0.25, 0.3) is 0 Å². The lowest BCUT2D eigenvalue weighted by Crippen LogP contribution is -2.50. The number of rotatable bonds is 19. The molecule has 1 heterocycles. The lowest BCUT2D eigenvalue weighted by molar-refractivity contribution is -0.198. The second-order valence-electron chi connectivity index (χ2n) is 15.4. The van der Waals surface area contributed by atoms with E-state index in [1.807, 2.05) is 51.1 Å². The Balaban J connectivity index is 1.57. The van der Waals surface area contributed by atoms with Crippen LogP contribution in [0.15, 0.2) is 30.3 Å². The fraction of sp³-hybridized carbons (Fsp3) is 0.769. The molecule has 1 saturated carbocycles. The molecule has 1 aliphatic heterocycles. The zero-order chi connectivity index (χ0) is 35.5. The number of carbonyl (C=O) groups excluding carboxylic acids is 3. The van der Waals surface area contributed by atoms with Crippen LogP contribution in [-0.2, 0) is 30.3 Å². The molecular formula is C39H65N3O7. The quantitative estimate of drug-likeness (QED) is 0.126. The predicted octanol–water partition coefficient (Wildman–Crippen LogP) is 8.03. The van der Waals surface area contributed by atoms with E-state index < -0.39 is 17.8 Å². The summed E-state index contributed by atoms with van der Waals surface area (Å²) < 4.78 is 23.7. The summed E-state index contributed by atoms with van der Waals surface area (Å²) in [6.07, 6.45) is 11.6. The van der Waals surface area contributed by atoms with Crippen molar-refractivity contribution < 1.29 is 33.3 Å². The van der Waals surface area contributed by atoms with Crippen LogP contribution in [-0.4, -0.2) is 61.8 Å². The van der Waals surface area contributed by atoms with E-state index in [9.17, 15) is 14.4 Å². The van der Waals surface area contributed by atoms with Crippen LogP contribution in [0.3, 0.4) is 0 Å². The number of nitrogens with one attached hydrogen (secondary N) is 3. The number of amides is 3. The Morgan fingerprint density at radius 2 is 1.55 bits per heavy atom. The van der Waals surface area contributed by atoms with E-state index in [1.165, 1.54) is 19.3 Å². The third kappa shape index (κ3) is 17.6. The monoisotopic (exact) mass is 687 g/mol. The third-order valence-corrected chi connectivity index (χ3v) is 9.21. The average Bonchev–Trinajstić information content (AvgIpc) is 3.06. The Kier molecular flexibility index (Phi) is 18.3. The van der Waals surface area contributed by atoms with Crippen molar-refractivity contribution in [1.82, 2.24) is 16.0 Å². The maximum Gasteiger partial charge on any atom is 0.407 e. The largest absolute Gasteiger partial charge is 0.445 e. The lowest BCUT2D eigenvalue weighted by atomic mass is 9.81. The van der Waals surface area contributed by atoms with E-state index in [4.69, 9.17) is 18.9 Å². The molecule has 0 spiro atoms. The van der Waals surface area contributed by atoms with Gasteiger partial charge in [0.2, 0.25) is 5.91 Å². The molecule has 49 heavy (non-hydrogen) atoms. The van der Waals surface area contributed by atoms with Crippen molar-refractivity contribution in [2.24, 2.45) is 17.8 Å². The molecule has 3 rings (SSSR count). The number of carbonyl (C=O) groups is 3. The Bertz CT molecular complexity index is 1080. The highest BCUT2D eigenvalue weighted by molar-refractivity contribution is 5.78. The topological polar surface area (TPSA) is 124 Å². The van der Waals surface area contributed by atoms with Gasteiger partial charge in [-0.25, -0.2) is 9.59 Å². The van der Waals surface area contributed by atoms with E-state index in [0.717, 1.165) is 69.8 Å². The van der Waals surface area contributed by atoms with Crippen LogP contribution >= 0.6 is 0 Å². The predicted molar refractivity (Wildman–Crippen MR) is 192 cm³/mol. The van der Waals surface area contributed by atoms with Gasteiger partial charge in [-0.15, -0.1) is 0 Å². The minimum atomic E-state index is -0.621. The Labute approximate surface area is 295 Å².